The van der Waals surface area contributed by atoms with Crippen LogP contribution in [0, 0.1) is 0 Å². The molecule has 0 N–H and O–H groups in total. The van der Waals surface area contributed by atoms with Gasteiger partial charge >= 0.3 is 0 Å². The molecule has 0 spiro atoms. The number of allylic oxidation sites excluding steroid dienone is 4. The van der Waals surface area contributed by atoms with Crippen LogP contribution in [-0.4, -0.2) is 4.57 Å². The summed E-state index contributed by atoms with van der Waals surface area (Å²) < 4.78 is 3.76. The van der Waals surface area contributed by atoms with E-state index in [1.165, 1.54) is 87.1 Å². The molecule has 0 bridgehead atoms. The maximum atomic E-state index is 2.44. The minimum absolute atomic E-state index is 0.0356. The Kier molecular flexibility index (Phi) is 7.55. The van der Waals surface area contributed by atoms with Gasteiger partial charge in [0.05, 0.1) is 5.52 Å². The van der Waals surface area contributed by atoms with E-state index in [2.05, 4.69) is 205 Å². The molecular formula is C53H40N2S. The SMILES string of the molecule is CC1(C)C2=C(CCC=C2)c2ccc(N(c3ccc(-c4ccccc4)cc3)c3ccc(-c4ccc(-n5c6ccccc6c6c7ccccc7sc65)cc4)cc3)cc21. The van der Waals surface area contributed by atoms with Crippen LogP contribution >= 0.6 is 11.3 Å². The topological polar surface area (TPSA) is 8.17 Å². The third-order valence-corrected chi connectivity index (χ3v) is 13.3. The van der Waals surface area contributed by atoms with Gasteiger partial charge in [-0.2, -0.15) is 0 Å². The number of para-hydroxylation sites is 1. The number of fused-ring (bicyclic) bond motifs is 7. The molecule has 0 unspecified atom stereocenters. The molecular weight excluding hydrogens is 697 g/mol. The van der Waals surface area contributed by atoms with E-state index >= 15 is 0 Å². The summed E-state index contributed by atoms with van der Waals surface area (Å²) in [6.07, 6.45) is 6.95. The van der Waals surface area contributed by atoms with Gasteiger partial charge in [0.25, 0.3) is 0 Å². The molecule has 0 fully saturated rings. The van der Waals surface area contributed by atoms with E-state index in [9.17, 15) is 0 Å². The summed E-state index contributed by atoms with van der Waals surface area (Å²) in [6.45, 7) is 4.77. The molecule has 2 heterocycles. The van der Waals surface area contributed by atoms with Gasteiger partial charge in [-0.15, -0.1) is 11.3 Å². The van der Waals surface area contributed by atoms with Gasteiger partial charge in [0.1, 0.15) is 4.83 Å². The lowest BCUT2D eigenvalue weighted by atomic mass is 9.80. The van der Waals surface area contributed by atoms with Crippen molar-refractivity contribution in [2.24, 2.45) is 0 Å². The minimum atomic E-state index is -0.0356. The highest BCUT2D eigenvalue weighted by Gasteiger charge is 2.37. The fourth-order valence-corrected chi connectivity index (χ4v) is 10.6. The molecule has 0 amide bonds. The predicted molar refractivity (Wildman–Crippen MR) is 240 cm³/mol. The van der Waals surface area contributed by atoms with Crippen molar-refractivity contribution < 1.29 is 0 Å². The van der Waals surface area contributed by atoms with Gasteiger partial charge in [-0.25, -0.2) is 0 Å². The van der Waals surface area contributed by atoms with Gasteiger partial charge in [-0.3, -0.25) is 0 Å². The molecule has 2 aliphatic rings. The molecule has 0 saturated carbocycles. The Morgan fingerprint density at radius 2 is 1.16 bits per heavy atom. The molecule has 3 heteroatoms. The van der Waals surface area contributed by atoms with E-state index < -0.39 is 0 Å². The Hall–Kier alpha value is -6.42. The second-order valence-electron chi connectivity index (χ2n) is 15.7. The number of thiophene rings is 1. The van der Waals surface area contributed by atoms with E-state index in [1.807, 2.05) is 11.3 Å². The molecule has 0 saturated heterocycles. The van der Waals surface area contributed by atoms with Crippen LogP contribution in [0.4, 0.5) is 17.1 Å². The fraction of sp³-hybridized carbons (Fsp3) is 0.0943. The van der Waals surface area contributed by atoms with Crippen LogP contribution in [0.2, 0.25) is 0 Å². The molecule has 0 atom stereocenters. The number of anilines is 3. The van der Waals surface area contributed by atoms with Gasteiger partial charge in [-0.1, -0.05) is 135 Å². The molecule has 56 heavy (non-hydrogen) atoms. The third kappa shape index (κ3) is 5.15. The van der Waals surface area contributed by atoms with Crippen molar-refractivity contribution in [1.82, 2.24) is 4.57 Å². The Labute approximate surface area is 331 Å². The Morgan fingerprint density at radius 1 is 0.571 bits per heavy atom. The molecule has 0 radical (unpaired) electrons. The smallest absolute Gasteiger partial charge is 0.109 e. The summed E-state index contributed by atoms with van der Waals surface area (Å²) in [6, 6.07) is 62.5. The van der Waals surface area contributed by atoms with E-state index in [4.69, 9.17) is 0 Å². The van der Waals surface area contributed by atoms with Crippen molar-refractivity contribution in [3.63, 3.8) is 0 Å². The van der Waals surface area contributed by atoms with Gasteiger partial charge in [0.15, 0.2) is 0 Å². The predicted octanol–water partition coefficient (Wildman–Crippen LogP) is 15.2. The zero-order valence-electron chi connectivity index (χ0n) is 31.5. The van der Waals surface area contributed by atoms with Gasteiger partial charge < -0.3 is 9.47 Å². The highest BCUT2D eigenvalue weighted by atomic mass is 32.1. The van der Waals surface area contributed by atoms with Crippen molar-refractivity contribution in [3.05, 3.63) is 199 Å². The molecule has 2 aliphatic carbocycles. The van der Waals surface area contributed by atoms with Crippen molar-refractivity contribution >= 4 is 65.2 Å². The normalized spacial score (nSPS) is 14.5. The van der Waals surface area contributed by atoms with E-state index in [-0.39, 0.29) is 5.41 Å². The van der Waals surface area contributed by atoms with Crippen LogP contribution in [-0.2, 0) is 5.41 Å². The first-order chi connectivity index (χ1) is 27.5. The average Bonchev–Trinajstić information content (AvgIpc) is 3.86. The van der Waals surface area contributed by atoms with Crippen molar-refractivity contribution in [1.29, 1.82) is 0 Å². The van der Waals surface area contributed by atoms with Crippen LogP contribution in [0.1, 0.15) is 37.8 Å². The van der Waals surface area contributed by atoms with Crippen LogP contribution in [0.15, 0.2) is 188 Å². The highest BCUT2D eigenvalue weighted by molar-refractivity contribution is 7.25. The fourth-order valence-electron chi connectivity index (χ4n) is 9.31. The largest absolute Gasteiger partial charge is 0.310 e. The second-order valence-corrected chi connectivity index (χ2v) is 16.7. The van der Waals surface area contributed by atoms with Gasteiger partial charge in [0, 0.05) is 49.0 Å². The first kappa shape index (κ1) is 33.0. The molecule has 2 nitrogen and oxygen atoms in total. The lowest BCUT2D eigenvalue weighted by Crippen LogP contribution is -2.18. The molecule has 11 rings (SSSR count). The summed E-state index contributed by atoms with van der Waals surface area (Å²) in [7, 11) is 0. The van der Waals surface area contributed by atoms with Crippen LogP contribution < -0.4 is 4.90 Å². The number of rotatable bonds is 6. The maximum absolute atomic E-state index is 2.44. The van der Waals surface area contributed by atoms with Crippen molar-refractivity contribution in [2.45, 2.75) is 32.1 Å². The standard InChI is InChI=1S/C53H40N2S/c1-53(2)47-17-9-6-14-43(47)44-33-32-42(34-48(44)53)54(39-26-20-36(21-27-39)35-12-4-3-5-13-35)40-28-22-37(23-29-40)38-24-30-41(31-25-38)55-49-18-10-7-15-45(49)51-46-16-8-11-19-50(46)56-52(51)55/h3-5,7-13,15-34H,6,14H2,1-2H3. The molecule has 268 valence electrons. The number of benzene rings is 7. The number of hydrogen-bond donors (Lipinski definition) is 0. The van der Waals surface area contributed by atoms with Gasteiger partial charge in [-0.05, 0) is 118 Å². The zero-order valence-corrected chi connectivity index (χ0v) is 32.4. The number of hydrogen-bond acceptors (Lipinski definition) is 2. The Morgan fingerprint density at radius 3 is 1.88 bits per heavy atom. The summed E-state index contributed by atoms with van der Waals surface area (Å²) >= 11 is 1.87. The lowest BCUT2D eigenvalue weighted by molar-refractivity contribution is 0.651. The first-order valence-corrected chi connectivity index (χ1v) is 20.5. The average molecular weight is 737 g/mol. The highest BCUT2D eigenvalue weighted by Crippen LogP contribution is 2.52. The molecule has 2 aromatic heterocycles. The van der Waals surface area contributed by atoms with Crippen LogP contribution in [0.5, 0.6) is 0 Å². The Bertz CT molecular complexity index is 3010. The molecule has 7 aromatic carbocycles. The van der Waals surface area contributed by atoms with Gasteiger partial charge in [0.2, 0.25) is 0 Å². The lowest BCUT2D eigenvalue weighted by Gasteiger charge is -2.29. The second kappa shape index (κ2) is 12.8. The monoisotopic (exact) mass is 736 g/mol. The summed E-state index contributed by atoms with van der Waals surface area (Å²) in [4.78, 5) is 3.71. The summed E-state index contributed by atoms with van der Waals surface area (Å²) in [5, 5.41) is 3.98. The number of aromatic nitrogens is 1. The van der Waals surface area contributed by atoms with Crippen LogP contribution in [0.25, 0.3) is 64.7 Å². The maximum Gasteiger partial charge on any atom is 0.109 e. The third-order valence-electron chi connectivity index (χ3n) is 12.1. The zero-order chi connectivity index (χ0) is 37.4. The molecule has 9 aromatic rings. The van der Waals surface area contributed by atoms with Crippen LogP contribution in [0.3, 0.4) is 0 Å². The van der Waals surface area contributed by atoms with E-state index in [0.29, 0.717) is 0 Å². The van der Waals surface area contributed by atoms with Crippen molar-refractivity contribution in [2.75, 3.05) is 4.90 Å². The number of nitrogens with zero attached hydrogens (tertiary/aromatic N) is 2. The molecule has 0 aliphatic heterocycles. The first-order valence-electron chi connectivity index (χ1n) is 19.7. The quantitative estimate of drug-likeness (QED) is 0.165. The van der Waals surface area contributed by atoms with E-state index in [0.717, 1.165) is 24.2 Å². The summed E-state index contributed by atoms with van der Waals surface area (Å²) in [5.74, 6) is 0. The van der Waals surface area contributed by atoms with E-state index in [1.54, 1.807) is 0 Å². The summed E-state index contributed by atoms with van der Waals surface area (Å²) in [5.41, 5.74) is 16.5. The minimum Gasteiger partial charge on any atom is -0.310 e. The Balaban J connectivity index is 0.965. The van der Waals surface area contributed by atoms with Crippen molar-refractivity contribution in [3.8, 4) is 27.9 Å².